The molecule has 0 spiro atoms. The van der Waals surface area contributed by atoms with Crippen molar-refractivity contribution >= 4 is 11.8 Å². The van der Waals surface area contributed by atoms with Gasteiger partial charge in [0.2, 0.25) is 5.95 Å². The van der Waals surface area contributed by atoms with Gasteiger partial charge in [0.25, 0.3) is 0 Å². The maximum Gasteiger partial charge on any atom is 0.222 e. The monoisotopic (exact) mass is 312 g/mol. The summed E-state index contributed by atoms with van der Waals surface area (Å²) in [7, 11) is 0. The fourth-order valence-corrected chi connectivity index (χ4v) is 2.31. The van der Waals surface area contributed by atoms with Gasteiger partial charge in [0, 0.05) is 30.6 Å². The van der Waals surface area contributed by atoms with Gasteiger partial charge in [-0.25, -0.2) is 19.0 Å². The molecule has 0 aliphatic heterocycles. The van der Waals surface area contributed by atoms with Crippen molar-refractivity contribution in [1.82, 2.24) is 19.6 Å². The van der Waals surface area contributed by atoms with Gasteiger partial charge in [-0.1, -0.05) is 6.92 Å². The molecule has 3 rings (SSSR count). The van der Waals surface area contributed by atoms with Gasteiger partial charge in [-0.05, 0) is 30.7 Å². The van der Waals surface area contributed by atoms with Gasteiger partial charge >= 0.3 is 0 Å². The van der Waals surface area contributed by atoms with Crippen LogP contribution in [0.5, 0.6) is 0 Å². The van der Waals surface area contributed by atoms with Crippen LogP contribution in [0.3, 0.4) is 0 Å². The van der Waals surface area contributed by atoms with Crippen LogP contribution in [0.2, 0.25) is 0 Å². The van der Waals surface area contributed by atoms with Gasteiger partial charge in [0.15, 0.2) is 5.82 Å². The molecule has 118 valence electrons. The Hall–Kier alpha value is -2.96. The van der Waals surface area contributed by atoms with E-state index >= 15 is 0 Å². The molecule has 6 nitrogen and oxygen atoms in total. The van der Waals surface area contributed by atoms with Crippen LogP contribution in [-0.4, -0.2) is 26.2 Å². The van der Waals surface area contributed by atoms with Crippen molar-refractivity contribution in [2.45, 2.75) is 13.3 Å². The maximum absolute atomic E-state index is 13.1. The SMILES string of the molecule is CCCN(c1cc(-c2ccc(F)cc2)nc(N)n1)n1ccnc1. The average molecular weight is 312 g/mol. The van der Waals surface area contributed by atoms with Crippen LogP contribution in [0, 0.1) is 5.82 Å². The molecule has 0 radical (unpaired) electrons. The molecular weight excluding hydrogens is 295 g/mol. The van der Waals surface area contributed by atoms with E-state index in [0.717, 1.165) is 18.5 Å². The standard InChI is InChI=1S/C16H17FN6/c1-2-8-23(22-9-7-19-11-22)15-10-14(20-16(18)21-15)12-3-5-13(17)6-4-12/h3-7,9-11H,2,8H2,1H3,(H2,18,20,21). The van der Waals surface area contributed by atoms with Crippen LogP contribution in [0.1, 0.15) is 13.3 Å². The molecule has 0 unspecified atom stereocenters. The molecule has 0 saturated heterocycles. The number of nitrogens with zero attached hydrogens (tertiary/aromatic N) is 5. The first-order chi connectivity index (χ1) is 11.2. The van der Waals surface area contributed by atoms with Crippen molar-refractivity contribution in [2.75, 3.05) is 17.3 Å². The predicted octanol–water partition coefficient (Wildman–Crippen LogP) is 2.74. The summed E-state index contributed by atoms with van der Waals surface area (Å²) in [6, 6.07) is 7.96. The summed E-state index contributed by atoms with van der Waals surface area (Å²) in [6.45, 7) is 2.82. The van der Waals surface area contributed by atoms with Crippen molar-refractivity contribution < 1.29 is 4.39 Å². The minimum atomic E-state index is -0.290. The van der Waals surface area contributed by atoms with E-state index in [1.807, 2.05) is 21.9 Å². The zero-order chi connectivity index (χ0) is 16.2. The summed E-state index contributed by atoms with van der Waals surface area (Å²) < 4.78 is 14.9. The van der Waals surface area contributed by atoms with Crippen LogP contribution < -0.4 is 10.7 Å². The zero-order valence-corrected chi connectivity index (χ0v) is 12.7. The molecule has 0 bridgehead atoms. The largest absolute Gasteiger partial charge is 0.368 e. The molecule has 3 aromatic rings. The van der Waals surface area contributed by atoms with Crippen molar-refractivity contribution in [3.05, 3.63) is 54.9 Å². The molecule has 0 aliphatic rings. The summed E-state index contributed by atoms with van der Waals surface area (Å²) in [5.74, 6) is 0.543. The van der Waals surface area contributed by atoms with Crippen molar-refractivity contribution in [1.29, 1.82) is 0 Å². The number of aromatic nitrogens is 4. The molecule has 0 aliphatic carbocycles. The highest BCUT2D eigenvalue weighted by molar-refractivity contribution is 5.64. The van der Waals surface area contributed by atoms with Crippen LogP contribution in [0.4, 0.5) is 16.2 Å². The van der Waals surface area contributed by atoms with E-state index in [9.17, 15) is 4.39 Å². The fourth-order valence-electron chi connectivity index (χ4n) is 2.31. The first-order valence-corrected chi connectivity index (χ1v) is 7.33. The second-order valence-corrected chi connectivity index (χ2v) is 5.04. The molecule has 0 amide bonds. The maximum atomic E-state index is 13.1. The lowest BCUT2D eigenvalue weighted by Gasteiger charge is -2.24. The lowest BCUT2D eigenvalue weighted by atomic mass is 10.1. The number of imidazole rings is 1. The minimum absolute atomic E-state index is 0.169. The normalized spacial score (nSPS) is 10.7. The van der Waals surface area contributed by atoms with Crippen molar-refractivity contribution in [2.24, 2.45) is 0 Å². The molecular formula is C16H17FN6. The molecule has 2 N–H and O–H groups in total. The van der Waals surface area contributed by atoms with E-state index in [1.54, 1.807) is 24.7 Å². The highest BCUT2D eigenvalue weighted by atomic mass is 19.1. The second kappa shape index (κ2) is 6.43. The van der Waals surface area contributed by atoms with E-state index in [1.165, 1.54) is 12.1 Å². The number of benzene rings is 1. The quantitative estimate of drug-likeness (QED) is 0.784. The fraction of sp³-hybridized carbons (Fsp3) is 0.188. The third-order valence-electron chi connectivity index (χ3n) is 3.34. The lowest BCUT2D eigenvalue weighted by molar-refractivity contribution is 0.628. The summed E-state index contributed by atoms with van der Waals surface area (Å²) in [5.41, 5.74) is 7.29. The van der Waals surface area contributed by atoms with E-state index in [0.29, 0.717) is 11.5 Å². The van der Waals surface area contributed by atoms with E-state index < -0.39 is 0 Å². The van der Waals surface area contributed by atoms with Gasteiger partial charge in [0.05, 0.1) is 5.69 Å². The smallest absolute Gasteiger partial charge is 0.222 e. The molecule has 7 heteroatoms. The number of nitrogens with two attached hydrogens (primary N) is 1. The first-order valence-electron chi connectivity index (χ1n) is 7.33. The first kappa shape index (κ1) is 15.0. The third kappa shape index (κ3) is 3.28. The zero-order valence-electron chi connectivity index (χ0n) is 12.7. The summed E-state index contributed by atoms with van der Waals surface area (Å²) >= 11 is 0. The molecule has 0 atom stereocenters. The number of rotatable bonds is 5. The van der Waals surface area contributed by atoms with Crippen molar-refractivity contribution in [3.8, 4) is 11.3 Å². The molecule has 1 aromatic carbocycles. The Balaban J connectivity index is 2.03. The predicted molar refractivity (Wildman–Crippen MR) is 87.1 cm³/mol. The molecule has 2 heterocycles. The molecule has 0 saturated carbocycles. The third-order valence-corrected chi connectivity index (χ3v) is 3.34. The van der Waals surface area contributed by atoms with Gasteiger partial charge < -0.3 is 5.73 Å². The van der Waals surface area contributed by atoms with Gasteiger partial charge in [-0.15, -0.1) is 0 Å². The number of hydrogen-bond acceptors (Lipinski definition) is 5. The Labute approximate surface area is 133 Å². The minimum Gasteiger partial charge on any atom is -0.368 e. The Bertz CT molecular complexity index is 770. The molecule has 23 heavy (non-hydrogen) atoms. The van der Waals surface area contributed by atoms with E-state index in [-0.39, 0.29) is 11.8 Å². The van der Waals surface area contributed by atoms with E-state index in [2.05, 4.69) is 21.9 Å². The van der Waals surface area contributed by atoms with E-state index in [4.69, 9.17) is 5.73 Å². The van der Waals surface area contributed by atoms with Crippen LogP contribution in [0.25, 0.3) is 11.3 Å². The Morgan fingerprint density at radius 1 is 1.22 bits per heavy atom. The summed E-state index contributed by atoms with van der Waals surface area (Å²) in [5, 5.41) is 1.96. The Morgan fingerprint density at radius 3 is 2.65 bits per heavy atom. The number of anilines is 2. The Kier molecular flexibility index (Phi) is 4.18. The molecule has 2 aromatic heterocycles. The van der Waals surface area contributed by atoms with Crippen molar-refractivity contribution in [3.63, 3.8) is 0 Å². The topological polar surface area (TPSA) is 72.9 Å². The van der Waals surface area contributed by atoms with Gasteiger partial charge in [0.1, 0.15) is 12.1 Å². The highest BCUT2D eigenvalue weighted by Crippen LogP contribution is 2.23. The summed E-state index contributed by atoms with van der Waals surface area (Å²) in [4.78, 5) is 12.6. The highest BCUT2D eigenvalue weighted by Gasteiger charge is 2.13. The average Bonchev–Trinajstić information content (AvgIpc) is 3.06. The van der Waals surface area contributed by atoms with Gasteiger partial charge in [-0.3, -0.25) is 5.01 Å². The van der Waals surface area contributed by atoms with Crippen LogP contribution in [0.15, 0.2) is 49.1 Å². The Morgan fingerprint density at radius 2 is 2.00 bits per heavy atom. The number of nitrogen functional groups attached to an aromatic ring is 1. The van der Waals surface area contributed by atoms with Crippen LogP contribution >= 0.6 is 0 Å². The lowest BCUT2D eigenvalue weighted by Crippen LogP contribution is -2.30. The van der Waals surface area contributed by atoms with Gasteiger partial charge in [-0.2, -0.15) is 4.98 Å². The van der Waals surface area contributed by atoms with Crippen LogP contribution in [-0.2, 0) is 0 Å². The summed E-state index contributed by atoms with van der Waals surface area (Å²) in [6.07, 6.45) is 6.17. The molecule has 0 fully saturated rings. The second-order valence-electron chi connectivity index (χ2n) is 5.04. The number of hydrogen-bond donors (Lipinski definition) is 1. The number of halogens is 1.